The molecule has 10 heavy (non-hydrogen) atoms. The number of rotatable bonds is 0. The Bertz CT molecular complexity index is 153. The molecular formula is C3H7NNaO4P. The van der Waals surface area contributed by atoms with Crippen molar-refractivity contribution in [2.24, 2.45) is 5.73 Å². The van der Waals surface area contributed by atoms with Gasteiger partial charge < -0.3 is 15.2 Å². The first kappa shape index (κ1) is 11.1. The van der Waals surface area contributed by atoms with E-state index in [0.29, 0.717) is 6.42 Å². The van der Waals surface area contributed by atoms with Crippen molar-refractivity contribution in [2.45, 2.75) is 12.6 Å². The minimum absolute atomic E-state index is 0. The Morgan fingerprint density at radius 2 is 2.30 bits per heavy atom. The van der Waals surface area contributed by atoms with Crippen LogP contribution >= 0.6 is 7.82 Å². The average Bonchev–Trinajstić information content (AvgIpc) is 1.60. The van der Waals surface area contributed by atoms with E-state index in [2.05, 4.69) is 9.05 Å². The number of nitrogens with two attached hydrogens (primary N) is 1. The van der Waals surface area contributed by atoms with Crippen molar-refractivity contribution in [3.05, 3.63) is 0 Å². The molecule has 1 aliphatic heterocycles. The van der Waals surface area contributed by atoms with Crippen LogP contribution in [0.15, 0.2) is 0 Å². The van der Waals surface area contributed by atoms with Gasteiger partial charge in [0.05, 0.1) is 6.61 Å². The summed E-state index contributed by atoms with van der Waals surface area (Å²) in [7, 11) is -4.02. The van der Waals surface area contributed by atoms with Gasteiger partial charge in [0.2, 0.25) is 0 Å². The van der Waals surface area contributed by atoms with E-state index in [0.717, 1.165) is 0 Å². The largest absolute Gasteiger partial charge is 1.00 e. The van der Waals surface area contributed by atoms with E-state index in [1.54, 1.807) is 0 Å². The van der Waals surface area contributed by atoms with E-state index in [-0.39, 0.29) is 36.2 Å². The third kappa shape index (κ3) is 3.46. The monoisotopic (exact) mass is 175 g/mol. The predicted molar refractivity (Wildman–Crippen MR) is 27.2 cm³/mol. The normalized spacial score (nSPS) is 40.4. The zero-order chi connectivity index (χ0) is 6.91. The molecule has 5 nitrogen and oxygen atoms in total. The van der Waals surface area contributed by atoms with Crippen LogP contribution in [0.2, 0.25) is 0 Å². The van der Waals surface area contributed by atoms with E-state index in [4.69, 9.17) is 5.73 Å². The van der Waals surface area contributed by atoms with Crippen LogP contribution < -0.4 is 40.2 Å². The Balaban J connectivity index is 0.000000810. The molecule has 2 N–H and O–H groups in total. The molecule has 0 aromatic rings. The Morgan fingerprint density at radius 3 is 2.60 bits per heavy atom. The molecule has 0 radical (unpaired) electrons. The van der Waals surface area contributed by atoms with Crippen LogP contribution in [-0.4, -0.2) is 12.8 Å². The molecule has 0 aliphatic carbocycles. The Morgan fingerprint density at radius 1 is 1.70 bits per heavy atom. The molecule has 0 aromatic carbocycles. The maximum Gasteiger partial charge on any atom is 1.00 e. The van der Waals surface area contributed by atoms with Gasteiger partial charge >= 0.3 is 29.6 Å². The van der Waals surface area contributed by atoms with Crippen molar-refractivity contribution in [1.82, 2.24) is 0 Å². The second kappa shape index (κ2) is 4.18. The van der Waals surface area contributed by atoms with Gasteiger partial charge in [0.1, 0.15) is 6.23 Å². The van der Waals surface area contributed by atoms with Crippen LogP contribution in [0.3, 0.4) is 0 Å². The predicted octanol–water partition coefficient (Wildman–Crippen LogP) is -3.82. The first-order chi connectivity index (χ1) is 4.10. The van der Waals surface area contributed by atoms with Crippen LogP contribution in [0.25, 0.3) is 0 Å². The second-order valence-electron chi connectivity index (χ2n) is 1.71. The minimum atomic E-state index is -4.02. The van der Waals surface area contributed by atoms with Gasteiger partial charge in [-0.25, -0.2) is 0 Å². The fraction of sp³-hybridized carbons (Fsp3) is 1.00. The summed E-state index contributed by atoms with van der Waals surface area (Å²) in [5, 5.41) is 0. The Hall–Kier alpha value is 1.07. The SMILES string of the molecule is NC1CCOP(=O)([O-])O1.[Na+]. The van der Waals surface area contributed by atoms with Crippen molar-refractivity contribution in [2.75, 3.05) is 6.61 Å². The maximum absolute atomic E-state index is 10.4. The van der Waals surface area contributed by atoms with Crippen LogP contribution in [0.1, 0.15) is 6.42 Å². The fourth-order valence-electron chi connectivity index (χ4n) is 0.530. The smallest absolute Gasteiger partial charge is 0.756 e. The number of hydrogen-bond donors (Lipinski definition) is 1. The van der Waals surface area contributed by atoms with Crippen LogP contribution in [0, 0.1) is 0 Å². The Labute approximate surface area is 80.8 Å². The molecule has 1 fully saturated rings. The Kier molecular flexibility index (Phi) is 4.63. The van der Waals surface area contributed by atoms with E-state index < -0.39 is 14.1 Å². The first-order valence-corrected chi connectivity index (χ1v) is 3.96. The van der Waals surface area contributed by atoms with Crippen LogP contribution in [0.5, 0.6) is 0 Å². The van der Waals surface area contributed by atoms with E-state index in [9.17, 15) is 9.46 Å². The van der Waals surface area contributed by atoms with Crippen molar-refractivity contribution < 1.29 is 48.1 Å². The molecule has 1 aliphatic rings. The molecule has 0 saturated carbocycles. The molecule has 1 rings (SSSR count). The van der Waals surface area contributed by atoms with Crippen LogP contribution in [0.4, 0.5) is 0 Å². The summed E-state index contributed by atoms with van der Waals surface area (Å²) in [6.07, 6.45) is -0.297. The minimum Gasteiger partial charge on any atom is -0.756 e. The summed E-state index contributed by atoms with van der Waals surface area (Å²) in [5.41, 5.74) is 5.14. The van der Waals surface area contributed by atoms with E-state index >= 15 is 0 Å². The van der Waals surface area contributed by atoms with Gasteiger partial charge in [-0.3, -0.25) is 9.09 Å². The molecule has 0 aromatic heterocycles. The third-order valence-electron chi connectivity index (χ3n) is 0.916. The molecule has 2 atom stereocenters. The molecule has 0 spiro atoms. The number of phosphoric ester groups is 1. The summed E-state index contributed by atoms with van der Waals surface area (Å²) in [6.45, 7) is 0.127. The maximum atomic E-state index is 10.4. The van der Waals surface area contributed by atoms with Crippen molar-refractivity contribution in [3.8, 4) is 0 Å². The van der Waals surface area contributed by atoms with Gasteiger partial charge in [-0.15, -0.1) is 0 Å². The first-order valence-electron chi connectivity index (χ1n) is 2.50. The summed E-state index contributed by atoms with van der Waals surface area (Å²) in [5.74, 6) is 0. The van der Waals surface area contributed by atoms with Gasteiger partial charge in [-0.2, -0.15) is 0 Å². The molecule has 7 heteroatoms. The average molecular weight is 175 g/mol. The zero-order valence-electron chi connectivity index (χ0n) is 5.65. The molecule has 0 amide bonds. The van der Waals surface area contributed by atoms with Gasteiger partial charge in [0.15, 0.2) is 0 Å². The summed E-state index contributed by atoms with van der Waals surface area (Å²) < 4.78 is 18.8. The molecule has 2 unspecified atom stereocenters. The van der Waals surface area contributed by atoms with Gasteiger partial charge in [0, 0.05) is 6.42 Å². The molecular weight excluding hydrogens is 168 g/mol. The van der Waals surface area contributed by atoms with Gasteiger partial charge in [-0.05, 0) is 0 Å². The molecule has 0 bridgehead atoms. The number of phosphoric acid groups is 1. The van der Waals surface area contributed by atoms with Gasteiger partial charge in [-0.1, -0.05) is 0 Å². The van der Waals surface area contributed by atoms with Gasteiger partial charge in [0.25, 0.3) is 7.82 Å². The number of hydrogen-bond acceptors (Lipinski definition) is 5. The second-order valence-corrected chi connectivity index (χ2v) is 3.08. The fourth-order valence-corrected chi connectivity index (χ4v) is 1.36. The van der Waals surface area contributed by atoms with E-state index in [1.807, 2.05) is 0 Å². The topological polar surface area (TPSA) is 84.6 Å². The van der Waals surface area contributed by atoms with Crippen molar-refractivity contribution in [3.63, 3.8) is 0 Å². The van der Waals surface area contributed by atoms with E-state index in [1.165, 1.54) is 0 Å². The summed E-state index contributed by atoms with van der Waals surface area (Å²) in [6, 6.07) is 0. The van der Waals surface area contributed by atoms with Crippen molar-refractivity contribution in [1.29, 1.82) is 0 Å². The molecule has 54 valence electrons. The third-order valence-corrected chi connectivity index (χ3v) is 1.94. The summed E-state index contributed by atoms with van der Waals surface area (Å²) >= 11 is 0. The molecule has 1 saturated heterocycles. The molecule has 1 heterocycles. The van der Waals surface area contributed by atoms with Crippen molar-refractivity contribution >= 4 is 7.82 Å². The zero-order valence-corrected chi connectivity index (χ0v) is 8.54. The summed E-state index contributed by atoms with van der Waals surface area (Å²) in [4.78, 5) is 10.4. The standard InChI is InChI=1S/C3H8NO4P.Na/c4-3-1-2-7-9(5,6)8-3;/h3H,1-2,4H2,(H,5,6);/q;+1/p-1. The van der Waals surface area contributed by atoms with Crippen LogP contribution in [-0.2, 0) is 13.6 Å². The quantitative estimate of drug-likeness (QED) is 0.301.